The van der Waals surface area contributed by atoms with Gasteiger partial charge in [-0.3, -0.25) is 24.1 Å². The Labute approximate surface area is 237 Å². The van der Waals surface area contributed by atoms with Crippen LogP contribution in [0.1, 0.15) is 53.0 Å². The molecule has 3 aliphatic heterocycles. The molecule has 9 nitrogen and oxygen atoms in total. The zero-order valence-corrected chi connectivity index (χ0v) is 22.8. The van der Waals surface area contributed by atoms with Gasteiger partial charge in [-0.25, -0.2) is 8.78 Å². The minimum atomic E-state index is -0.939. The Kier molecular flexibility index (Phi) is 6.09. The van der Waals surface area contributed by atoms with Crippen LogP contribution in [0.5, 0.6) is 5.75 Å². The first-order chi connectivity index (χ1) is 19.8. The van der Waals surface area contributed by atoms with E-state index in [1.54, 1.807) is 15.6 Å². The lowest BCUT2D eigenvalue weighted by molar-refractivity contribution is -0.147. The van der Waals surface area contributed by atoms with Crippen LogP contribution in [0, 0.1) is 11.6 Å². The molecular weight excluding hydrogens is 556 g/mol. The van der Waals surface area contributed by atoms with Crippen LogP contribution in [0.3, 0.4) is 0 Å². The molecule has 2 aromatic carbocycles. The predicted octanol–water partition coefficient (Wildman–Crippen LogP) is 3.70. The number of halogens is 2. The highest BCUT2D eigenvalue weighted by Gasteiger charge is 2.56. The number of aromatic nitrogens is 1. The topological polar surface area (TPSA) is 90.3 Å². The number of benzene rings is 2. The summed E-state index contributed by atoms with van der Waals surface area (Å²) in [7, 11) is 0. The molecule has 1 aromatic heterocycles. The van der Waals surface area contributed by atoms with Crippen LogP contribution in [0.15, 0.2) is 58.4 Å². The highest BCUT2D eigenvalue weighted by molar-refractivity contribution is 7.98. The third-order valence-electron chi connectivity index (χ3n) is 8.06. The average molecular weight is 582 g/mol. The molecular formula is C29H25F2N3O6S. The Morgan fingerprint density at radius 2 is 1.93 bits per heavy atom. The number of pyridine rings is 1. The van der Waals surface area contributed by atoms with Gasteiger partial charge >= 0.3 is 5.97 Å². The molecule has 3 aromatic rings. The number of nitrogens with zero attached hydrogens (tertiary/aromatic N) is 3. The maximum atomic E-state index is 15.3. The van der Waals surface area contributed by atoms with E-state index in [-0.39, 0.29) is 29.4 Å². The number of thioether (sulfide) groups is 1. The first-order valence-electron chi connectivity index (χ1n) is 13.2. The van der Waals surface area contributed by atoms with Crippen LogP contribution >= 0.6 is 11.8 Å². The van der Waals surface area contributed by atoms with E-state index in [0.29, 0.717) is 12.1 Å². The molecule has 1 saturated heterocycles. The Morgan fingerprint density at radius 1 is 1.12 bits per heavy atom. The summed E-state index contributed by atoms with van der Waals surface area (Å²) in [5.74, 6) is -2.95. The summed E-state index contributed by atoms with van der Waals surface area (Å²) >= 11 is 1.41. The fourth-order valence-corrected chi connectivity index (χ4v) is 7.02. The molecule has 12 heteroatoms. The SMILES string of the molecule is CC(=O)OCOc1c2n(ccc1=O)N([C@@H]1c3ccccc3SCc3c1ccc(F)c3F)[C@@H]1COC3(CC3)CN1C2=O. The minimum absolute atomic E-state index is 0.0443. The van der Waals surface area contributed by atoms with E-state index in [1.807, 2.05) is 29.3 Å². The molecule has 4 aliphatic rings. The minimum Gasteiger partial charge on any atom is -0.451 e. The molecule has 1 amide bonds. The van der Waals surface area contributed by atoms with E-state index < -0.39 is 53.5 Å². The van der Waals surface area contributed by atoms with Gasteiger partial charge in [0, 0.05) is 35.4 Å². The second-order valence-corrected chi connectivity index (χ2v) is 11.6. The summed E-state index contributed by atoms with van der Waals surface area (Å²) in [5.41, 5.74) is 0.540. The van der Waals surface area contributed by atoms with E-state index in [2.05, 4.69) is 0 Å². The number of morpholine rings is 1. The number of fused-ring (bicyclic) bond motifs is 4. The van der Waals surface area contributed by atoms with Gasteiger partial charge in [0.1, 0.15) is 6.17 Å². The average Bonchev–Trinajstić information content (AvgIpc) is 3.74. The number of hydrogen-bond donors (Lipinski definition) is 0. The molecule has 0 N–H and O–H groups in total. The van der Waals surface area contributed by atoms with Crippen LogP contribution in [0.4, 0.5) is 8.78 Å². The summed E-state index contributed by atoms with van der Waals surface area (Å²) in [5, 5.41) is 1.88. The second-order valence-electron chi connectivity index (χ2n) is 10.5. The fraction of sp³-hybridized carbons (Fsp3) is 0.345. The van der Waals surface area contributed by atoms with E-state index in [9.17, 15) is 18.8 Å². The van der Waals surface area contributed by atoms with Crippen LogP contribution in [-0.2, 0) is 20.0 Å². The molecule has 2 atom stereocenters. The standard InChI is InChI=1S/C29H25F2N3O6S/c1-16(35)38-15-39-27-21(36)8-11-33-26(27)28(37)32-14-29(9-10-29)40-12-23(32)34(33)25-17-6-7-20(30)24(31)19(17)13-41-22-5-3-2-4-18(22)25/h2-8,11,23,25H,9-10,12-15H2,1H3/t23-,25+/m1/s1. The predicted molar refractivity (Wildman–Crippen MR) is 143 cm³/mol. The maximum Gasteiger partial charge on any atom is 0.305 e. The van der Waals surface area contributed by atoms with Crippen LogP contribution in [0.2, 0.25) is 0 Å². The Bertz CT molecular complexity index is 1660. The van der Waals surface area contributed by atoms with Crippen molar-refractivity contribution in [2.75, 3.05) is 25.0 Å². The van der Waals surface area contributed by atoms with Gasteiger partial charge < -0.3 is 19.1 Å². The molecule has 2 fully saturated rings. The summed E-state index contributed by atoms with van der Waals surface area (Å²) in [6, 6.07) is 10.9. The van der Waals surface area contributed by atoms with Gasteiger partial charge in [0.15, 0.2) is 17.3 Å². The first kappa shape index (κ1) is 26.0. The van der Waals surface area contributed by atoms with Crippen molar-refractivity contribution in [3.8, 4) is 5.75 Å². The number of esters is 1. The van der Waals surface area contributed by atoms with Crippen molar-refractivity contribution in [2.24, 2.45) is 0 Å². The maximum absolute atomic E-state index is 15.3. The summed E-state index contributed by atoms with van der Waals surface area (Å²) in [6.45, 7) is 1.12. The normalized spacial score (nSPS) is 21.8. The van der Waals surface area contributed by atoms with E-state index in [0.717, 1.165) is 29.4 Å². The zero-order valence-electron chi connectivity index (χ0n) is 22.0. The van der Waals surface area contributed by atoms with Crippen molar-refractivity contribution in [1.29, 1.82) is 0 Å². The molecule has 7 rings (SSSR count). The van der Waals surface area contributed by atoms with Crippen molar-refractivity contribution < 1.29 is 32.6 Å². The highest BCUT2D eigenvalue weighted by Crippen LogP contribution is 2.48. The molecule has 1 saturated carbocycles. The van der Waals surface area contributed by atoms with Crippen molar-refractivity contribution in [3.05, 3.63) is 92.9 Å². The first-order valence-corrected chi connectivity index (χ1v) is 14.2. The summed E-state index contributed by atoms with van der Waals surface area (Å²) in [6.07, 6.45) is 2.45. The van der Waals surface area contributed by atoms with Crippen molar-refractivity contribution >= 4 is 23.6 Å². The van der Waals surface area contributed by atoms with Gasteiger partial charge in [0.25, 0.3) is 5.91 Å². The number of amides is 1. The molecule has 1 aliphatic carbocycles. The van der Waals surface area contributed by atoms with Crippen LogP contribution < -0.4 is 15.2 Å². The van der Waals surface area contributed by atoms with Crippen molar-refractivity contribution in [2.45, 2.75) is 48.2 Å². The van der Waals surface area contributed by atoms with Crippen LogP contribution in [-0.4, -0.2) is 53.2 Å². The molecule has 4 heterocycles. The number of carbonyl (C=O) groups excluding carboxylic acids is 2. The quantitative estimate of drug-likeness (QED) is 0.341. The van der Waals surface area contributed by atoms with Crippen molar-refractivity contribution in [3.63, 3.8) is 0 Å². The summed E-state index contributed by atoms with van der Waals surface area (Å²) in [4.78, 5) is 41.1. The lowest BCUT2D eigenvalue weighted by Crippen LogP contribution is -2.68. The highest BCUT2D eigenvalue weighted by atomic mass is 32.2. The molecule has 41 heavy (non-hydrogen) atoms. The van der Waals surface area contributed by atoms with E-state index >= 15 is 4.39 Å². The molecule has 212 valence electrons. The largest absolute Gasteiger partial charge is 0.451 e. The van der Waals surface area contributed by atoms with E-state index in [4.69, 9.17) is 14.2 Å². The molecule has 0 bridgehead atoms. The molecule has 0 unspecified atom stereocenters. The molecule has 0 radical (unpaired) electrons. The number of carbonyl (C=O) groups is 2. The van der Waals surface area contributed by atoms with Gasteiger partial charge in [0.05, 0.1) is 24.8 Å². The number of hydrogen-bond acceptors (Lipinski definition) is 8. The van der Waals surface area contributed by atoms with E-state index in [1.165, 1.54) is 30.9 Å². The molecule has 1 spiro atoms. The fourth-order valence-electron chi connectivity index (χ4n) is 5.91. The van der Waals surface area contributed by atoms with Gasteiger partial charge in [-0.05, 0) is 36.1 Å². The number of ether oxygens (including phenoxy) is 3. The zero-order chi connectivity index (χ0) is 28.5. The Hall–Kier alpha value is -3.90. The lowest BCUT2D eigenvalue weighted by atomic mass is 9.93. The van der Waals surface area contributed by atoms with Gasteiger partial charge in [-0.2, -0.15) is 0 Å². The monoisotopic (exact) mass is 581 g/mol. The van der Waals surface area contributed by atoms with Crippen molar-refractivity contribution in [1.82, 2.24) is 9.58 Å². The third-order valence-corrected chi connectivity index (χ3v) is 9.18. The van der Waals surface area contributed by atoms with Gasteiger partial charge in [-0.15, -0.1) is 11.8 Å². The van der Waals surface area contributed by atoms with Gasteiger partial charge in [0.2, 0.25) is 18.0 Å². The van der Waals surface area contributed by atoms with Crippen LogP contribution in [0.25, 0.3) is 0 Å². The Balaban J connectivity index is 1.47. The number of rotatable bonds is 4. The summed E-state index contributed by atoms with van der Waals surface area (Å²) < 4.78 is 48.2. The Morgan fingerprint density at radius 3 is 2.71 bits per heavy atom. The lowest BCUT2D eigenvalue weighted by Gasteiger charge is -2.53. The van der Waals surface area contributed by atoms with Gasteiger partial charge in [-0.1, -0.05) is 24.3 Å². The third kappa shape index (κ3) is 4.19. The second kappa shape index (κ2) is 9.59. The smallest absolute Gasteiger partial charge is 0.305 e.